The van der Waals surface area contributed by atoms with E-state index in [4.69, 9.17) is 29.8 Å². The van der Waals surface area contributed by atoms with E-state index in [1.807, 2.05) is 19.9 Å². The van der Waals surface area contributed by atoms with Gasteiger partial charge >= 0.3 is 0 Å². The summed E-state index contributed by atoms with van der Waals surface area (Å²) in [5, 5.41) is 0. The van der Waals surface area contributed by atoms with Crippen molar-refractivity contribution < 1.29 is 23.4 Å². The topological polar surface area (TPSA) is 46.2 Å². The molecule has 0 heterocycles. The van der Waals surface area contributed by atoms with Crippen molar-refractivity contribution in [3.05, 3.63) is 12.1 Å². The van der Waals surface area contributed by atoms with Gasteiger partial charge < -0.3 is 23.4 Å². The van der Waals surface area contributed by atoms with Crippen LogP contribution in [0.1, 0.15) is 55.4 Å². The van der Waals surface area contributed by atoms with Gasteiger partial charge in [-0.3, -0.25) is 0 Å². The molecule has 1 aromatic carbocycles. The molecule has 0 aliphatic rings. The Balaban J connectivity index is 3.67. The minimum absolute atomic E-state index is 0.0646. The fraction of sp³-hybridized carbons (Fsp3) is 0.652. The lowest BCUT2D eigenvalue weighted by molar-refractivity contribution is 0.0444. The molecule has 0 spiro atoms. The lowest BCUT2D eigenvalue weighted by atomic mass is 10.1. The van der Waals surface area contributed by atoms with Crippen LogP contribution in [-0.4, -0.2) is 34.9 Å². The van der Waals surface area contributed by atoms with Gasteiger partial charge in [-0.05, 0) is 30.5 Å². The monoisotopic (exact) mass is 422 g/mol. The number of hydrogen-bond acceptors (Lipinski definition) is 5. The van der Waals surface area contributed by atoms with Crippen molar-refractivity contribution in [2.45, 2.75) is 77.6 Å². The first kappa shape index (κ1) is 25.2. The van der Waals surface area contributed by atoms with E-state index in [9.17, 15) is 0 Å². The third-order valence-corrected chi connectivity index (χ3v) is 11.2. The van der Waals surface area contributed by atoms with Crippen molar-refractivity contribution in [1.82, 2.24) is 0 Å². The number of methoxy groups -OCH3 is 2. The van der Waals surface area contributed by atoms with Gasteiger partial charge in [0.1, 0.15) is 5.75 Å². The molecule has 0 bridgehead atoms. The number of ether oxygens (including phenoxy) is 4. The fourth-order valence-corrected chi connectivity index (χ4v) is 9.17. The predicted molar refractivity (Wildman–Crippen MR) is 121 cm³/mol. The number of benzene rings is 1. The van der Waals surface area contributed by atoms with Crippen LogP contribution in [0.2, 0.25) is 16.6 Å². The van der Waals surface area contributed by atoms with E-state index >= 15 is 0 Å². The normalized spacial score (nSPS) is 12.3. The van der Waals surface area contributed by atoms with Crippen LogP contribution in [0.5, 0.6) is 23.0 Å². The van der Waals surface area contributed by atoms with Gasteiger partial charge in [0.05, 0.1) is 7.11 Å². The summed E-state index contributed by atoms with van der Waals surface area (Å²) in [5.74, 6) is 4.82. The lowest BCUT2D eigenvalue weighted by Gasteiger charge is -2.42. The molecule has 0 saturated heterocycles. The summed E-state index contributed by atoms with van der Waals surface area (Å²) in [6, 6.07) is 3.62. The quantitative estimate of drug-likeness (QED) is 0.248. The van der Waals surface area contributed by atoms with E-state index in [0.29, 0.717) is 39.6 Å². The summed E-state index contributed by atoms with van der Waals surface area (Å²) in [6.07, 6.45) is 5.64. The van der Waals surface area contributed by atoms with E-state index in [-0.39, 0.29) is 6.79 Å². The van der Waals surface area contributed by atoms with Gasteiger partial charge in [0.2, 0.25) is 5.75 Å². The summed E-state index contributed by atoms with van der Waals surface area (Å²) in [5.41, 5.74) is 0.374. The average molecular weight is 423 g/mol. The van der Waals surface area contributed by atoms with Gasteiger partial charge in [-0.2, -0.15) is 0 Å². The molecule has 0 amide bonds. The molecule has 164 valence electrons. The van der Waals surface area contributed by atoms with Gasteiger partial charge in [-0.15, -0.1) is 6.42 Å². The average Bonchev–Trinajstić information content (AvgIpc) is 2.63. The zero-order chi connectivity index (χ0) is 22.4. The van der Waals surface area contributed by atoms with Crippen molar-refractivity contribution in [2.24, 2.45) is 0 Å². The Labute approximate surface area is 178 Å². The van der Waals surface area contributed by atoms with Crippen LogP contribution >= 0.6 is 0 Å². The number of rotatable bonds is 11. The third kappa shape index (κ3) is 5.83. The van der Waals surface area contributed by atoms with Gasteiger partial charge in [0, 0.05) is 19.2 Å². The van der Waals surface area contributed by atoms with Gasteiger partial charge in [-0.1, -0.05) is 47.5 Å². The third-order valence-electron chi connectivity index (χ3n) is 5.26. The Bertz CT molecular complexity index is 682. The molecule has 0 radical (unpaired) electrons. The second kappa shape index (κ2) is 10.3. The summed E-state index contributed by atoms with van der Waals surface area (Å²) >= 11 is 0. The lowest BCUT2D eigenvalue weighted by Crippen LogP contribution is -2.50. The van der Waals surface area contributed by atoms with Crippen LogP contribution in [-0.2, 0) is 4.74 Å². The predicted octanol–water partition coefficient (Wildman–Crippen LogP) is 6.02. The summed E-state index contributed by atoms with van der Waals surface area (Å²) < 4.78 is 29.6. The van der Waals surface area contributed by atoms with Gasteiger partial charge in [0.25, 0.3) is 8.32 Å². The largest absolute Gasteiger partial charge is 0.540 e. The van der Waals surface area contributed by atoms with Crippen molar-refractivity contribution in [3.63, 3.8) is 0 Å². The Morgan fingerprint density at radius 1 is 0.966 bits per heavy atom. The summed E-state index contributed by atoms with van der Waals surface area (Å²) in [4.78, 5) is 0. The van der Waals surface area contributed by atoms with Gasteiger partial charge in [0.15, 0.2) is 23.9 Å². The smallest absolute Gasteiger partial charge is 0.258 e. The Kier molecular flexibility index (Phi) is 8.92. The Morgan fingerprint density at radius 3 is 1.90 bits per heavy atom. The summed E-state index contributed by atoms with van der Waals surface area (Å²) in [6.45, 7) is 17.1. The first-order valence-electron chi connectivity index (χ1n) is 10.1. The molecule has 0 unspecified atom stereocenters. The highest BCUT2D eigenvalue weighted by Gasteiger charge is 2.47. The highest BCUT2D eigenvalue weighted by molar-refractivity contribution is 6.78. The highest BCUT2D eigenvalue weighted by atomic mass is 28.4. The Hall–Kier alpha value is -1.84. The van der Waals surface area contributed by atoms with Crippen LogP contribution in [0.15, 0.2) is 12.1 Å². The number of terminal acetylenes is 1. The van der Waals surface area contributed by atoms with Crippen LogP contribution in [0.3, 0.4) is 0 Å². The summed E-state index contributed by atoms with van der Waals surface area (Å²) in [7, 11) is 0.952. The molecule has 0 N–H and O–H groups in total. The van der Waals surface area contributed by atoms with Crippen LogP contribution in [0, 0.1) is 12.3 Å². The van der Waals surface area contributed by atoms with Crippen molar-refractivity contribution >= 4 is 8.32 Å². The molecular weight excluding hydrogens is 384 g/mol. The molecule has 6 heteroatoms. The van der Waals surface area contributed by atoms with Crippen molar-refractivity contribution in [1.29, 1.82) is 0 Å². The number of hydrogen-bond donors (Lipinski definition) is 0. The molecule has 0 aliphatic carbocycles. The van der Waals surface area contributed by atoms with Crippen LogP contribution < -0.4 is 18.6 Å². The van der Waals surface area contributed by atoms with Crippen LogP contribution in [0.4, 0.5) is 0 Å². The highest BCUT2D eigenvalue weighted by Crippen LogP contribution is 2.49. The van der Waals surface area contributed by atoms with E-state index in [2.05, 4.69) is 47.5 Å². The standard InChI is InChI=1S/C23H38O5Si/c1-12-23(8,9)27-20-13-19(25-11)14-21(22(20)26-15-24-10)28-29(16(2)3,17(4)5)18(6)7/h1,13-14,16-18H,15H2,2-11H3. The minimum Gasteiger partial charge on any atom is -0.540 e. The van der Waals surface area contributed by atoms with E-state index < -0.39 is 13.9 Å². The molecule has 0 aliphatic heterocycles. The van der Waals surface area contributed by atoms with Gasteiger partial charge in [-0.25, -0.2) is 0 Å². The maximum Gasteiger partial charge on any atom is 0.258 e. The molecular formula is C23H38O5Si. The Morgan fingerprint density at radius 2 is 1.48 bits per heavy atom. The van der Waals surface area contributed by atoms with Crippen LogP contribution in [0.25, 0.3) is 0 Å². The zero-order valence-corrected chi connectivity index (χ0v) is 20.7. The second-order valence-corrected chi connectivity index (χ2v) is 14.1. The first-order chi connectivity index (χ1) is 13.4. The van der Waals surface area contributed by atoms with E-state index in [1.54, 1.807) is 20.3 Å². The van der Waals surface area contributed by atoms with E-state index in [1.165, 1.54) is 0 Å². The molecule has 0 fully saturated rings. The second-order valence-electron chi connectivity index (χ2n) is 8.68. The molecule has 0 saturated carbocycles. The van der Waals surface area contributed by atoms with E-state index in [0.717, 1.165) is 0 Å². The minimum atomic E-state index is -2.24. The zero-order valence-electron chi connectivity index (χ0n) is 19.7. The molecule has 0 aromatic heterocycles. The fourth-order valence-electron chi connectivity index (χ4n) is 3.93. The maximum atomic E-state index is 6.89. The molecule has 29 heavy (non-hydrogen) atoms. The van der Waals surface area contributed by atoms with Crippen molar-refractivity contribution in [2.75, 3.05) is 21.0 Å². The maximum absolute atomic E-state index is 6.89. The molecule has 0 atom stereocenters. The molecule has 1 aromatic rings. The molecule has 5 nitrogen and oxygen atoms in total. The first-order valence-corrected chi connectivity index (χ1v) is 12.3. The molecule has 1 rings (SSSR count). The van der Waals surface area contributed by atoms with Crippen molar-refractivity contribution in [3.8, 4) is 35.3 Å². The SMILES string of the molecule is C#CC(C)(C)Oc1cc(OC)cc(O[Si](C(C)C)(C(C)C)C(C)C)c1OCOC.